The summed E-state index contributed by atoms with van der Waals surface area (Å²) >= 11 is 7.35. The van der Waals surface area contributed by atoms with Crippen LogP contribution in [0.5, 0.6) is 0 Å². The molecule has 0 spiro atoms. The van der Waals surface area contributed by atoms with E-state index in [0.717, 1.165) is 17.0 Å². The largest absolute Gasteiger partial charge is 0.298 e. The fraction of sp³-hybridized carbons (Fsp3) is 0.130. The number of thioether (sulfide) groups is 1. The monoisotopic (exact) mass is 434 g/mol. The van der Waals surface area contributed by atoms with Crippen molar-refractivity contribution in [3.63, 3.8) is 0 Å². The Hall–Kier alpha value is -2.96. The van der Waals surface area contributed by atoms with Gasteiger partial charge in [-0.3, -0.25) is 14.3 Å². The number of Topliss-reactive ketones (excluding diaryl/α,β-unsaturated/α-hetero) is 1. The van der Waals surface area contributed by atoms with Crippen LogP contribution in [0.4, 0.5) is 0 Å². The first-order valence-electron chi connectivity index (χ1n) is 9.46. The Morgan fingerprint density at radius 3 is 2.40 bits per heavy atom. The van der Waals surface area contributed by atoms with E-state index in [1.807, 2.05) is 41.8 Å². The van der Waals surface area contributed by atoms with E-state index >= 15 is 0 Å². The fourth-order valence-corrected chi connectivity index (χ4v) is 4.11. The molecule has 0 aliphatic rings. The van der Waals surface area contributed by atoms with Gasteiger partial charge in [0.2, 0.25) is 0 Å². The maximum Gasteiger partial charge on any atom is 0.192 e. The molecule has 0 bridgehead atoms. The first-order chi connectivity index (χ1) is 14.6. The zero-order valence-electron chi connectivity index (χ0n) is 16.3. The maximum absolute atomic E-state index is 12.9. The summed E-state index contributed by atoms with van der Waals surface area (Å²) < 4.78 is 2.04. The van der Waals surface area contributed by atoms with E-state index < -0.39 is 0 Å². The number of carbonyl (C=O) groups excluding carboxylic acids is 1. The molecular weight excluding hydrogens is 416 g/mol. The lowest BCUT2D eigenvalue weighted by Crippen LogP contribution is -2.15. The number of hydrogen-bond acceptors (Lipinski definition) is 5. The molecule has 0 aliphatic carbocycles. The van der Waals surface area contributed by atoms with Gasteiger partial charge in [0.05, 0.1) is 11.8 Å². The Morgan fingerprint density at radius 2 is 1.70 bits per heavy atom. The Labute approximate surface area is 184 Å². The molecule has 30 heavy (non-hydrogen) atoms. The average Bonchev–Trinajstić information content (AvgIpc) is 3.17. The van der Waals surface area contributed by atoms with Crippen molar-refractivity contribution in [3.05, 3.63) is 95.3 Å². The molecule has 4 aromatic rings. The fourth-order valence-electron chi connectivity index (χ4n) is 3.06. The number of nitrogens with zero attached hydrogens (tertiary/aromatic N) is 4. The van der Waals surface area contributed by atoms with Gasteiger partial charge in [-0.1, -0.05) is 53.7 Å². The minimum atomic E-state index is -0.324. The van der Waals surface area contributed by atoms with Gasteiger partial charge < -0.3 is 0 Å². The van der Waals surface area contributed by atoms with Gasteiger partial charge in [0.1, 0.15) is 0 Å². The molecule has 0 aliphatic heterocycles. The molecule has 0 saturated carbocycles. The smallest absolute Gasteiger partial charge is 0.192 e. The number of rotatable bonds is 7. The van der Waals surface area contributed by atoms with E-state index in [9.17, 15) is 4.79 Å². The van der Waals surface area contributed by atoms with Gasteiger partial charge in [-0.15, -0.1) is 10.2 Å². The number of hydrogen-bond donors (Lipinski definition) is 0. The third-order valence-electron chi connectivity index (χ3n) is 4.62. The number of aromatic nitrogens is 4. The summed E-state index contributed by atoms with van der Waals surface area (Å²) in [6.07, 6.45) is 3.47. The average molecular weight is 435 g/mol. The number of carbonyl (C=O) groups is 1. The van der Waals surface area contributed by atoms with E-state index in [1.54, 1.807) is 36.7 Å². The molecule has 2 aromatic heterocycles. The second-order valence-corrected chi connectivity index (χ2v) is 8.49. The van der Waals surface area contributed by atoms with Crippen molar-refractivity contribution in [2.24, 2.45) is 0 Å². The molecule has 2 heterocycles. The molecule has 0 fully saturated rings. The standard InChI is InChI=1S/C23H19ClN4OS/c1-16(21(29)18-7-9-20(24)10-8-18)30-23-27-26-22(19-11-13-25-14-12-19)28(23)15-17-5-3-2-4-6-17/h2-14,16H,15H2,1H3. The van der Waals surface area contributed by atoms with Crippen LogP contribution in [0.3, 0.4) is 0 Å². The molecular formula is C23H19ClN4OS. The molecule has 1 atom stereocenters. The quantitative estimate of drug-likeness (QED) is 0.287. The van der Waals surface area contributed by atoms with Crippen molar-refractivity contribution in [1.82, 2.24) is 19.7 Å². The molecule has 0 amide bonds. The molecule has 0 N–H and O–H groups in total. The summed E-state index contributed by atoms with van der Waals surface area (Å²) in [6.45, 7) is 2.49. The molecule has 150 valence electrons. The van der Waals surface area contributed by atoms with Gasteiger partial charge in [-0.05, 0) is 48.9 Å². The van der Waals surface area contributed by atoms with E-state index in [1.165, 1.54) is 11.8 Å². The third kappa shape index (κ3) is 4.61. The van der Waals surface area contributed by atoms with Gasteiger partial charge in [0, 0.05) is 28.5 Å². The van der Waals surface area contributed by atoms with E-state index in [4.69, 9.17) is 11.6 Å². The molecule has 5 nitrogen and oxygen atoms in total. The van der Waals surface area contributed by atoms with Crippen molar-refractivity contribution in [2.45, 2.75) is 23.9 Å². The molecule has 0 radical (unpaired) electrons. The minimum Gasteiger partial charge on any atom is -0.298 e. The van der Waals surface area contributed by atoms with Crippen molar-refractivity contribution < 1.29 is 4.79 Å². The van der Waals surface area contributed by atoms with Crippen LogP contribution in [0.2, 0.25) is 5.02 Å². The predicted molar refractivity (Wildman–Crippen MR) is 120 cm³/mol. The van der Waals surface area contributed by atoms with E-state index in [-0.39, 0.29) is 11.0 Å². The van der Waals surface area contributed by atoms with Gasteiger partial charge in [0.25, 0.3) is 0 Å². The van der Waals surface area contributed by atoms with Crippen LogP contribution >= 0.6 is 23.4 Å². The van der Waals surface area contributed by atoms with Crippen molar-refractivity contribution in [3.8, 4) is 11.4 Å². The van der Waals surface area contributed by atoms with Gasteiger partial charge in [-0.25, -0.2) is 0 Å². The number of halogens is 1. The Kier molecular flexibility index (Phi) is 6.26. The Bertz CT molecular complexity index is 1130. The van der Waals surface area contributed by atoms with Crippen LogP contribution in [0, 0.1) is 0 Å². The van der Waals surface area contributed by atoms with Crippen LogP contribution in [-0.4, -0.2) is 30.8 Å². The molecule has 4 rings (SSSR count). The summed E-state index contributed by atoms with van der Waals surface area (Å²) in [5, 5.41) is 9.79. The summed E-state index contributed by atoms with van der Waals surface area (Å²) in [5.41, 5.74) is 2.69. The summed E-state index contributed by atoms with van der Waals surface area (Å²) in [4.78, 5) is 17.0. The second kappa shape index (κ2) is 9.24. The van der Waals surface area contributed by atoms with Crippen LogP contribution in [0.15, 0.2) is 84.3 Å². The van der Waals surface area contributed by atoms with Crippen LogP contribution in [0.1, 0.15) is 22.8 Å². The van der Waals surface area contributed by atoms with E-state index in [0.29, 0.717) is 22.3 Å². The molecule has 1 unspecified atom stereocenters. The summed E-state index contributed by atoms with van der Waals surface area (Å²) in [6, 6.07) is 20.9. The predicted octanol–water partition coefficient (Wildman–Crippen LogP) is 5.41. The lowest BCUT2D eigenvalue weighted by molar-refractivity contribution is 0.0994. The van der Waals surface area contributed by atoms with Gasteiger partial charge >= 0.3 is 0 Å². The first-order valence-corrected chi connectivity index (χ1v) is 10.7. The van der Waals surface area contributed by atoms with Gasteiger partial charge in [-0.2, -0.15) is 0 Å². The topological polar surface area (TPSA) is 60.7 Å². The van der Waals surface area contributed by atoms with Crippen LogP contribution in [-0.2, 0) is 6.54 Å². The second-order valence-electron chi connectivity index (χ2n) is 6.75. The lowest BCUT2D eigenvalue weighted by Gasteiger charge is -2.13. The van der Waals surface area contributed by atoms with Crippen molar-refractivity contribution in [1.29, 1.82) is 0 Å². The molecule has 2 aromatic carbocycles. The normalized spacial score (nSPS) is 11.9. The Balaban J connectivity index is 1.64. The number of pyridine rings is 1. The molecule has 7 heteroatoms. The zero-order chi connectivity index (χ0) is 20.9. The lowest BCUT2D eigenvalue weighted by atomic mass is 10.1. The van der Waals surface area contributed by atoms with Crippen LogP contribution < -0.4 is 0 Å². The summed E-state index contributed by atoms with van der Waals surface area (Å²) in [5.74, 6) is 0.770. The minimum absolute atomic E-state index is 0.0244. The Morgan fingerprint density at radius 1 is 1.00 bits per heavy atom. The highest BCUT2D eigenvalue weighted by Crippen LogP contribution is 2.29. The van der Waals surface area contributed by atoms with Crippen molar-refractivity contribution >= 4 is 29.1 Å². The van der Waals surface area contributed by atoms with Gasteiger partial charge in [0.15, 0.2) is 16.8 Å². The highest BCUT2D eigenvalue weighted by atomic mass is 35.5. The molecule has 0 saturated heterocycles. The highest BCUT2D eigenvalue weighted by Gasteiger charge is 2.22. The number of benzene rings is 2. The summed E-state index contributed by atoms with van der Waals surface area (Å²) in [7, 11) is 0. The number of ketones is 1. The highest BCUT2D eigenvalue weighted by molar-refractivity contribution is 8.00. The van der Waals surface area contributed by atoms with Crippen LogP contribution in [0.25, 0.3) is 11.4 Å². The maximum atomic E-state index is 12.9. The third-order valence-corrected chi connectivity index (χ3v) is 5.95. The first kappa shape index (κ1) is 20.3. The van der Waals surface area contributed by atoms with Crippen molar-refractivity contribution in [2.75, 3.05) is 0 Å². The zero-order valence-corrected chi connectivity index (χ0v) is 17.8. The van der Waals surface area contributed by atoms with E-state index in [2.05, 4.69) is 27.3 Å². The SMILES string of the molecule is CC(Sc1nnc(-c2ccncc2)n1Cc1ccccc1)C(=O)c1ccc(Cl)cc1.